The Morgan fingerprint density at radius 3 is 2.36 bits per heavy atom. The van der Waals surface area contributed by atoms with Crippen molar-refractivity contribution in [1.82, 2.24) is 20.4 Å². The van der Waals surface area contributed by atoms with Crippen LogP contribution >= 0.6 is 0 Å². The van der Waals surface area contributed by atoms with Gasteiger partial charge in [0.15, 0.2) is 0 Å². The third-order valence-corrected chi connectivity index (χ3v) is 9.09. The molecule has 1 aromatic carbocycles. The lowest BCUT2D eigenvalue weighted by Gasteiger charge is -2.46. The quantitative estimate of drug-likeness (QED) is 0.581. The number of nitrogens with one attached hydrogen (secondary N) is 2. The van der Waals surface area contributed by atoms with Gasteiger partial charge in [0.2, 0.25) is 11.8 Å². The van der Waals surface area contributed by atoms with Crippen molar-refractivity contribution < 1.29 is 14.3 Å². The maximum absolute atomic E-state index is 13.9. The summed E-state index contributed by atoms with van der Waals surface area (Å²) in [4.78, 5) is 32.3. The van der Waals surface area contributed by atoms with E-state index in [2.05, 4.69) is 64.6 Å². The Labute approximate surface area is 236 Å². The van der Waals surface area contributed by atoms with Crippen molar-refractivity contribution in [3.63, 3.8) is 0 Å². The molecule has 39 heavy (non-hydrogen) atoms. The molecule has 0 bridgehead atoms. The summed E-state index contributed by atoms with van der Waals surface area (Å²) in [5, 5.41) is 6.32. The summed E-state index contributed by atoms with van der Waals surface area (Å²) in [6.45, 7) is 12.7. The van der Waals surface area contributed by atoms with Crippen LogP contribution in [-0.2, 0) is 20.9 Å². The first-order valence-corrected chi connectivity index (χ1v) is 15.5. The number of hydrogen-bond acceptors (Lipinski definition) is 5. The first kappa shape index (κ1) is 30.0. The molecule has 0 unspecified atom stereocenters. The number of ether oxygens (including phenoxy) is 1. The molecule has 3 fully saturated rings. The van der Waals surface area contributed by atoms with Crippen molar-refractivity contribution in [3.8, 4) is 0 Å². The monoisotopic (exact) mass is 540 g/mol. The van der Waals surface area contributed by atoms with Gasteiger partial charge in [0, 0.05) is 25.2 Å². The van der Waals surface area contributed by atoms with E-state index in [0.717, 1.165) is 71.2 Å². The van der Waals surface area contributed by atoms with E-state index in [0.29, 0.717) is 31.6 Å². The molecule has 0 aliphatic carbocycles. The second-order valence-electron chi connectivity index (χ2n) is 12.8. The van der Waals surface area contributed by atoms with Crippen molar-refractivity contribution in [2.45, 2.75) is 103 Å². The van der Waals surface area contributed by atoms with E-state index in [1.807, 2.05) is 6.92 Å². The lowest BCUT2D eigenvalue weighted by molar-refractivity contribution is -0.139. The second kappa shape index (κ2) is 14.6. The Bertz CT molecular complexity index is 892. The molecule has 3 aliphatic rings. The molecule has 0 saturated carbocycles. The molecule has 3 saturated heterocycles. The summed E-state index contributed by atoms with van der Waals surface area (Å²) < 4.78 is 5.82. The van der Waals surface area contributed by atoms with Crippen molar-refractivity contribution >= 4 is 11.8 Å². The Morgan fingerprint density at radius 2 is 1.67 bits per heavy atom. The van der Waals surface area contributed by atoms with E-state index in [9.17, 15) is 9.59 Å². The van der Waals surface area contributed by atoms with Gasteiger partial charge in [-0.05, 0) is 89.5 Å². The zero-order valence-corrected chi connectivity index (χ0v) is 24.6. The van der Waals surface area contributed by atoms with Crippen LogP contribution in [0.25, 0.3) is 0 Å². The SMILES string of the molecule is CC(C)C[C@@H]1NC(=O)C2(CCCCCOC[C@@H](C)NC1=O)CCN(C1CCN(Cc3ccccc3)CC1)CC2. The molecule has 4 rings (SSSR count). The third-order valence-electron chi connectivity index (χ3n) is 9.09. The lowest BCUT2D eigenvalue weighted by atomic mass is 9.72. The Kier molecular flexibility index (Phi) is 11.2. The highest BCUT2D eigenvalue weighted by molar-refractivity contribution is 5.90. The van der Waals surface area contributed by atoms with Gasteiger partial charge in [-0.2, -0.15) is 0 Å². The molecule has 0 aromatic heterocycles. The number of hydrogen-bond donors (Lipinski definition) is 2. The van der Waals surface area contributed by atoms with Gasteiger partial charge in [0.1, 0.15) is 6.04 Å². The zero-order valence-electron chi connectivity index (χ0n) is 24.6. The topological polar surface area (TPSA) is 73.9 Å². The van der Waals surface area contributed by atoms with Crippen molar-refractivity contribution in [2.75, 3.05) is 39.4 Å². The molecule has 2 amide bonds. The molecule has 7 heteroatoms. The van der Waals surface area contributed by atoms with E-state index < -0.39 is 6.04 Å². The van der Waals surface area contributed by atoms with Crippen molar-refractivity contribution in [3.05, 3.63) is 35.9 Å². The number of carbonyl (C=O) groups excluding carboxylic acids is 2. The smallest absolute Gasteiger partial charge is 0.242 e. The largest absolute Gasteiger partial charge is 0.379 e. The predicted octanol–water partition coefficient (Wildman–Crippen LogP) is 4.36. The summed E-state index contributed by atoms with van der Waals surface area (Å²) in [5.41, 5.74) is 1.01. The summed E-state index contributed by atoms with van der Waals surface area (Å²) in [6, 6.07) is 10.8. The van der Waals surface area contributed by atoms with Gasteiger partial charge in [-0.25, -0.2) is 0 Å². The van der Waals surface area contributed by atoms with Gasteiger partial charge >= 0.3 is 0 Å². The third kappa shape index (κ3) is 8.76. The van der Waals surface area contributed by atoms with Gasteiger partial charge in [-0.3, -0.25) is 14.5 Å². The van der Waals surface area contributed by atoms with Crippen LogP contribution in [0.2, 0.25) is 0 Å². The predicted molar refractivity (Wildman–Crippen MR) is 156 cm³/mol. The summed E-state index contributed by atoms with van der Waals surface area (Å²) in [6.07, 6.45) is 8.81. The fourth-order valence-corrected chi connectivity index (χ4v) is 6.70. The van der Waals surface area contributed by atoms with Crippen LogP contribution in [0.1, 0.15) is 84.1 Å². The standard InChI is InChI=1S/C32H52N4O3/c1-25(2)22-29-30(37)33-26(3)24-39-21-9-5-8-14-32(31(38)34-29)15-19-36(20-16-32)28-12-17-35(18-13-28)23-27-10-6-4-7-11-27/h4,6-7,10-11,25-26,28-29H,5,8-9,12-24H2,1-3H3,(H,33,37)(H,34,38)/t26-,29+/m1/s1. The molecule has 218 valence electrons. The van der Waals surface area contributed by atoms with Gasteiger partial charge in [0.25, 0.3) is 0 Å². The zero-order chi connectivity index (χ0) is 27.7. The van der Waals surface area contributed by atoms with Crippen LogP contribution in [-0.4, -0.2) is 79.1 Å². The van der Waals surface area contributed by atoms with E-state index >= 15 is 0 Å². The average Bonchev–Trinajstić information content (AvgIpc) is 2.93. The van der Waals surface area contributed by atoms with Crippen molar-refractivity contribution in [2.24, 2.45) is 11.3 Å². The highest BCUT2D eigenvalue weighted by Gasteiger charge is 2.43. The van der Waals surface area contributed by atoms with Gasteiger partial charge in [0.05, 0.1) is 12.0 Å². The lowest BCUT2D eigenvalue weighted by Crippen LogP contribution is -2.57. The summed E-state index contributed by atoms with van der Waals surface area (Å²) in [5.74, 6) is 0.332. The maximum Gasteiger partial charge on any atom is 0.242 e. The molecular weight excluding hydrogens is 488 g/mol. The number of rotatable bonds is 5. The van der Waals surface area contributed by atoms with Gasteiger partial charge in [-0.1, -0.05) is 57.0 Å². The van der Waals surface area contributed by atoms with Crippen LogP contribution in [0.15, 0.2) is 30.3 Å². The number of carbonyl (C=O) groups is 2. The highest BCUT2D eigenvalue weighted by atomic mass is 16.5. The average molecular weight is 541 g/mol. The molecule has 0 radical (unpaired) electrons. The second-order valence-corrected chi connectivity index (χ2v) is 12.8. The van der Waals surface area contributed by atoms with Crippen LogP contribution in [0.4, 0.5) is 0 Å². The molecule has 3 aliphatic heterocycles. The minimum Gasteiger partial charge on any atom is -0.379 e. The van der Waals surface area contributed by atoms with Crippen molar-refractivity contribution in [1.29, 1.82) is 0 Å². The normalized spacial score (nSPS) is 27.2. The van der Waals surface area contributed by atoms with E-state index in [4.69, 9.17) is 4.74 Å². The fourth-order valence-electron chi connectivity index (χ4n) is 6.70. The highest BCUT2D eigenvalue weighted by Crippen LogP contribution is 2.39. The van der Waals surface area contributed by atoms with E-state index in [1.165, 1.54) is 18.4 Å². The van der Waals surface area contributed by atoms with Gasteiger partial charge in [-0.15, -0.1) is 0 Å². The summed E-state index contributed by atoms with van der Waals surface area (Å²) >= 11 is 0. The first-order chi connectivity index (χ1) is 18.8. The van der Waals surface area contributed by atoms with E-state index in [-0.39, 0.29) is 23.3 Å². The molecule has 2 N–H and O–H groups in total. The summed E-state index contributed by atoms with van der Waals surface area (Å²) in [7, 11) is 0. The van der Waals surface area contributed by atoms with Crippen LogP contribution in [0.5, 0.6) is 0 Å². The Hall–Kier alpha value is -1.96. The van der Waals surface area contributed by atoms with E-state index in [1.54, 1.807) is 0 Å². The number of nitrogens with zero attached hydrogens (tertiary/aromatic N) is 2. The minimum absolute atomic E-state index is 0.0664. The van der Waals surface area contributed by atoms with Crippen LogP contribution in [0.3, 0.4) is 0 Å². The molecule has 1 aromatic rings. The first-order valence-electron chi connectivity index (χ1n) is 15.5. The number of amides is 2. The molecule has 2 atom stereocenters. The van der Waals surface area contributed by atoms with Crippen LogP contribution in [0, 0.1) is 11.3 Å². The van der Waals surface area contributed by atoms with Crippen LogP contribution < -0.4 is 10.6 Å². The molecule has 3 heterocycles. The number of likely N-dealkylation sites (tertiary alicyclic amines) is 2. The Balaban J connectivity index is 1.36. The van der Waals surface area contributed by atoms with Gasteiger partial charge < -0.3 is 20.3 Å². The maximum atomic E-state index is 13.9. The number of benzene rings is 1. The number of piperidine rings is 2. The fraction of sp³-hybridized carbons (Fsp3) is 0.750. The Morgan fingerprint density at radius 1 is 0.949 bits per heavy atom. The molecular formula is C32H52N4O3. The molecule has 1 spiro atoms. The molecule has 7 nitrogen and oxygen atoms in total. The minimum atomic E-state index is -0.494.